The van der Waals surface area contributed by atoms with Crippen molar-refractivity contribution in [3.63, 3.8) is 0 Å². The molecule has 0 aromatic heterocycles. The molecule has 0 aliphatic carbocycles. The van der Waals surface area contributed by atoms with Crippen LogP contribution in [0.5, 0.6) is 0 Å². The summed E-state index contributed by atoms with van der Waals surface area (Å²) in [6, 6.07) is 0. The highest BCUT2D eigenvalue weighted by molar-refractivity contribution is 7.74. The van der Waals surface area contributed by atoms with Crippen molar-refractivity contribution in [1.29, 1.82) is 0 Å². The van der Waals surface area contributed by atoms with E-state index in [1.807, 2.05) is 0 Å². The molecule has 0 radical (unpaired) electrons. The van der Waals surface area contributed by atoms with Crippen molar-refractivity contribution in [3.8, 4) is 0 Å². The van der Waals surface area contributed by atoms with E-state index in [9.17, 15) is 0 Å². The second-order valence-corrected chi connectivity index (χ2v) is 1.09. The Bertz CT molecular complexity index is 94.7. The summed E-state index contributed by atoms with van der Waals surface area (Å²) in [5, 5.41) is 38.2. The molecule has 0 aliphatic heterocycles. The fourth-order valence-corrected chi connectivity index (χ4v) is 0.164. The van der Waals surface area contributed by atoms with Crippen molar-refractivity contribution in [2.24, 2.45) is 0 Å². The molecule has 0 heterocycles. The number of hydrogen-bond donors (Lipinski definition) is 3. The minimum atomic E-state index is 1.41. The quantitative estimate of drug-likeness (QED) is 0.130. The fraction of sp³-hybridized carbons (Fsp3) is 0. The number of nitrogens with one attached hydrogen (secondary N) is 1. The maximum atomic E-state index is 7.47. The number of thiol groups is 1. The van der Waals surface area contributed by atoms with Gasteiger partial charge in [0.2, 0.25) is 0 Å². The highest BCUT2D eigenvalue weighted by Gasteiger charge is 1.94. The Labute approximate surface area is 84.6 Å². The summed E-state index contributed by atoms with van der Waals surface area (Å²) in [6.45, 7) is 0. The average molecular weight is 257 g/mol. The van der Waals surface area contributed by atoms with Crippen molar-refractivity contribution < 1.29 is 64.9 Å². The van der Waals surface area contributed by atoms with Crippen molar-refractivity contribution in [2.45, 2.75) is 0 Å². The normalized spacial score (nSPS) is 10.8. The lowest BCUT2D eigenvalue weighted by Gasteiger charge is -1.99. The van der Waals surface area contributed by atoms with Crippen LogP contribution < -0.4 is 5.64 Å². The topological polar surface area (TPSA) is 143 Å². The fourth-order valence-electron chi connectivity index (χ4n) is 0.140. The standard InChI is InChI=1S/H3NO13S/c2-5-8-11-9-6-3-1-4-7-10-12-13-14-15/h1-2,15H. The highest BCUT2D eigenvalue weighted by Crippen LogP contribution is 1.87. The molecule has 0 aromatic rings. The second kappa shape index (κ2) is 13.8. The van der Waals surface area contributed by atoms with E-state index < -0.39 is 0 Å². The maximum absolute atomic E-state index is 7.47. The molecule has 14 nitrogen and oxygen atoms in total. The molecule has 92 valence electrons. The van der Waals surface area contributed by atoms with Gasteiger partial charge in [0.25, 0.3) is 0 Å². The van der Waals surface area contributed by atoms with Crippen LogP contribution in [-0.4, -0.2) is 5.26 Å². The van der Waals surface area contributed by atoms with Crippen LogP contribution in [0.15, 0.2) is 0 Å². The van der Waals surface area contributed by atoms with Gasteiger partial charge >= 0.3 is 0 Å². The van der Waals surface area contributed by atoms with Crippen molar-refractivity contribution in [2.75, 3.05) is 0 Å². The third-order valence-electron chi connectivity index (χ3n) is 0.364. The van der Waals surface area contributed by atoms with E-state index in [2.05, 4.69) is 72.6 Å². The monoisotopic (exact) mass is 257 g/mol. The third kappa shape index (κ3) is 13.8. The first kappa shape index (κ1) is 14.8. The van der Waals surface area contributed by atoms with Crippen LogP contribution >= 0.6 is 12.9 Å². The molecule has 15 heteroatoms. The summed E-state index contributed by atoms with van der Waals surface area (Å²) in [4.78, 5) is 7.43. The van der Waals surface area contributed by atoms with E-state index in [0.717, 1.165) is 0 Å². The first-order valence-corrected chi connectivity index (χ1v) is 2.81. The first-order valence-electron chi connectivity index (χ1n) is 2.44. The van der Waals surface area contributed by atoms with Gasteiger partial charge in [0, 0.05) is 12.9 Å². The van der Waals surface area contributed by atoms with Gasteiger partial charge in [-0.2, -0.15) is 0 Å². The molecular weight excluding hydrogens is 254 g/mol. The summed E-state index contributed by atoms with van der Waals surface area (Å²) in [6.07, 6.45) is 0. The van der Waals surface area contributed by atoms with Crippen LogP contribution in [0, 0.1) is 0 Å². The van der Waals surface area contributed by atoms with Gasteiger partial charge in [0.15, 0.2) is 0 Å². The summed E-state index contributed by atoms with van der Waals surface area (Å²) in [5.74, 6) is 0. The molecule has 0 unspecified atom stereocenters. The van der Waals surface area contributed by atoms with E-state index in [-0.39, 0.29) is 0 Å². The van der Waals surface area contributed by atoms with Gasteiger partial charge in [-0.25, -0.2) is 5.26 Å². The summed E-state index contributed by atoms with van der Waals surface area (Å²) in [5.41, 5.74) is 1.41. The Morgan fingerprint density at radius 3 is 1.80 bits per heavy atom. The van der Waals surface area contributed by atoms with E-state index in [4.69, 9.17) is 5.26 Å². The minimum Gasteiger partial charge on any atom is -0.219 e. The van der Waals surface area contributed by atoms with Gasteiger partial charge in [-0.3, -0.25) is 0 Å². The number of rotatable bonds is 12. The molecule has 0 aliphatic rings. The van der Waals surface area contributed by atoms with Gasteiger partial charge in [-0.05, 0) is 51.0 Å². The van der Waals surface area contributed by atoms with Crippen LogP contribution in [0.25, 0.3) is 0 Å². The molecular formula is H3NO13S. The number of hydrogen-bond acceptors (Lipinski definition) is 15. The summed E-state index contributed by atoms with van der Waals surface area (Å²) < 4.78 is 3.58. The third-order valence-corrected chi connectivity index (χ3v) is 0.424. The minimum absolute atomic E-state index is 1.41. The largest absolute Gasteiger partial charge is 0.219 e. The van der Waals surface area contributed by atoms with Crippen molar-refractivity contribution in [1.82, 2.24) is 5.64 Å². The molecule has 15 heavy (non-hydrogen) atoms. The Hall–Kier alpha value is -0.210. The van der Waals surface area contributed by atoms with Gasteiger partial charge in [0.05, 0.1) is 0 Å². The van der Waals surface area contributed by atoms with Crippen LogP contribution in [0.3, 0.4) is 0 Å². The van der Waals surface area contributed by atoms with Crippen molar-refractivity contribution >= 4 is 12.9 Å². The zero-order valence-corrected chi connectivity index (χ0v) is 7.19. The predicted molar refractivity (Wildman–Crippen MR) is 27.8 cm³/mol. The van der Waals surface area contributed by atoms with Gasteiger partial charge in [-0.1, -0.05) is 9.98 Å². The van der Waals surface area contributed by atoms with Crippen LogP contribution in [-0.2, 0) is 59.7 Å². The molecule has 0 aromatic carbocycles. The average Bonchev–Trinajstić information content (AvgIpc) is 2.26. The Morgan fingerprint density at radius 2 is 1.27 bits per heavy atom. The van der Waals surface area contributed by atoms with E-state index in [0.29, 0.717) is 0 Å². The van der Waals surface area contributed by atoms with Crippen LogP contribution in [0.4, 0.5) is 0 Å². The van der Waals surface area contributed by atoms with Gasteiger partial charge in [-0.15, -0.1) is 4.33 Å². The Balaban J connectivity index is 2.81. The van der Waals surface area contributed by atoms with E-state index >= 15 is 0 Å². The van der Waals surface area contributed by atoms with Crippen molar-refractivity contribution in [3.05, 3.63) is 0 Å². The zero-order chi connectivity index (χ0) is 11.2. The molecule has 0 spiro atoms. The predicted octanol–water partition coefficient (Wildman–Crippen LogP) is -0.927. The maximum Gasteiger partial charge on any atom is 0.0182 e. The summed E-state index contributed by atoms with van der Waals surface area (Å²) in [7, 11) is 0. The SMILES string of the molecule is OOOOOOONOOOOOOS. The first-order chi connectivity index (χ1) is 7.41. The molecule has 0 amide bonds. The van der Waals surface area contributed by atoms with Crippen LogP contribution in [0.1, 0.15) is 0 Å². The Kier molecular flexibility index (Phi) is 13.6. The lowest BCUT2D eigenvalue weighted by atomic mass is 13.2. The second-order valence-electron chi connectivity index (χ2n) is 0.943. The van der Waals surface area contributed by atoms with Gasteiger partial charge in [0.1, 0.15) is 0 Å². The molecule has 0 rings (SSSR count). The van der Waals surface area contributed by atoms with Crippen LogP contribution in [0.2, 0.25) is 0 Å². The molecule has 2 N–H and O–H groups in total. The summed E-state index contributed by atoms with van der Waals surface area (Å²) >= 11 is 3.07. The van der Waals surface area contributed by atoms with E-state index in [1.54, 1.807) is 0 Å². The highest BCUT2D eigenvalue weighted by atomic mass is 32.1. The molecule has 0 atom stereocenters. The molecule has 0 saturated carbocycles. The van der Waals surface area contributed by atoms with E-state index in [1.165, 1.54) is 5.64 Å². The molecule has 0 fully saturated rings. The lowest BCUT2D eigenvalue weighted by molar-refractivity contribution is -0.807. The molecule has 0 saturated heterocycles. The van der Waals surface area contributed by atoms with Gasteiger partial charge < -0.3 is 0 Å². The smallest absolute Gasteiger partial charge is 0.0182 e. The Morgan fingerprint density at radius 1 is 0.733 bits per heavy atom. The molecule has 0 bridgehead atoms. The lowest BCUT2D eigenvalue weighted by Crippen LogP contribution is -2.16. The zero-order valence-electron chi connectivity index (χ0n) is 6.29.